The predicted molar refractivity (Wildman–Crippen MR) is 87.9 cm³/mol. The molecule has 4 heteroatoms. The van der Waals surface area contributed by atoms with E-state index in [4.69, 9.17) is 0 Å². The molecule has 0 aliphatic heterocycles. The van der Waals surface area contributed by atoms with Gasteiger partial charge in [-0.25, -0.2) is 0 Å². The lowest BCUT2D eigenvalue weighted by Crippen LogP contribution is -2.47. The van der Waals surface area contributed by atoms with E-state index in [0.29, 0.717) is 5.92 Å². The number of rotatable bonds is 4. The van der Waals surface area contributed by atoms with Gasteiger partial charge in [0.15, 0.2) is 0 Å². The molecule has 0 bridgehead atoms. The van der Waals surface area contributed by atoms with Gasteiger partial charge in [0.25, 0.3) is 5.91 Å². The number of aliphatic hydroxyl groups excluding tert-OH is 1. The Morgan fingerprint density at radius 2 is 2.09 bits per heavy atom. The van der Waals surface area contributed by atoms with Gasteiger partial charge >= 0.3 is 0 Å². The summed E-state index contributed by atoms with van der Waals surface area (Å²) in [5, 5.41) is 13.8. The van der Waals surface area contributed by atoms with Crippen LogP contribution in [-0.4, -0.2) is 27.7 Å². The summed E-state index contributed by atoms with van der Waals surface area (Å²) >= 11 is 0. The topological polar surface area (TPSA) is 54.3 Å². The molecule has 118 valence electrons. The van der Waals surface area contributed by atoms with E-state index >= 15 is 0 Å². The zero-order valence-corrected chi connectivity index (χ0v) is 13.5. The Balaban J connectivity index is 1.86. The van der Waals surface area contributed by atoms with Crippen molar-refractivity contribution in [2.45, 2.75) is 45.3 Å². The van der Waals surface area contributed by atoms with Gasteiger partial charge < -0.3 is 15.0 Å². The Morgan fingerprint density at radius 1 is 1.41 bits per heavy atom. The standard InChI is InChI=1S/C18H24N2O2/c1-4-15(12-9-13(21)10-12)19-18(22)17-11(2)14-7-5-6-8-16(14)20(17)3/h5-8,12-13,15,21H,4,9-10H2,1-3H3,(H,19,22). The number of para-hydroxylation sites is 1. The molecule has 4 nitrogen and oxygen atoms in total. The van der Waals surface area contributed by atoms with Gasteiger partial charge in [-0.05, 0) is 43.7 Å². The number of fused-ring (bicyclic) bond motifs is 1. The van der Waals surface area contributed by atoms with Crippen molar-refractivity contribution in [1.82, 2.24) is 9.88 Å². The summed E-state index contributed by atoms with van der Waals surface area (Å²) in [5.41, 5.74) is 2.84. The third-order valence-electron chi connectivity index (χ3n) is 5.05. The van der Waals surface area contributed by atoms with Crippen LogP contribution in [0.5, 0.6) is 0 Å². The van der Waals surface area contributed by atoms with Crippen molar-refractivity contribution in [2.24, 2.45) is 13.0 Å². The monoisotopic (exact) mass is 300 g/mol. The first kappa shape index (κ1) is 15.1. The Kier molecular flexibility index (Phi) is 3.96. The number of carbonyl (C=O) groups excluding carboxylic acids is 1. The average molecular weight is 300 g/mol. The maximum atomic E-state index is 12.8. The third-order valence-corrected chi connectivity index (χ3v) is 5.05. The second-order valence-electron chi connectivity index (χ2n) is 6.42. The second kappa shape index (κ2) is 5.76. The third kappa shape index (κ3) is 2.41. The number of nitrogens with one attached hydrogen (secondary N) is 1. The van der Waals surface area contributed by atoms with E-state index in [1.807, 2.05) is 36.7 Å². The van der Waals surface area contributed by atoms with Crippen molar-refractivity contribution in [2.75, 3.05) is 0 Å². The van der Waals surface area contributed by atoms with Crippen molar-refractivity contribution in [1.29, 1.82) is 0 Å². The molecule has 1 aliphatic carbocycles. The number of nitrogens with zero attached hydrogens (tertiary/aromatic N) is 1. The second-order valence-corrected chi connectivity index (χ2v) is 6.42. The average Bonchev–Trinajstić information content (AvgIpc) is 2.74. The molecule has 1 amide bonds. The number of hydrogen-bond acceptors (Lipinski definition) is 2. The first-order valence-corrected chi connectivity index (χ1v) is 8.05. The fourth-order valence-electron chi connectivity index (χ4n) is 3.65. The van der Waals surface area contributed by atoms with Crippen LogP contribution in [0.15, 0.2) is 24.3 Å². The molecule has 1 aromatic carbocycles. The van der Waals surface area contributed by atoms with Crippen LogP contribution in [0.3, 0.4) is 0 Å². The minimum atomic E-state index is -0.185. The molecule has 1 heterocycles. The zero-order valence-electron chi connectivity index (χ0n) is 13.5. The Morgan fingerprint density at radius 3 is 2.68 bits per heavy atom. The fourth-order valence-corrected chi connectivity index (χ4v) is 3.65. The molecule has 1 aliphatic rings. The predicted octanol–water partition coefficient (Wildman–Crippen LogP) is 2.77. The molecule has 1 unspecified atom stereocenters. The summed E-state index contributed by atoms with van der Waals surface area (Å²) in [5.74, 6) is 0.392. The van der Waals surface area contributed by atoms with E-state index in [1.165, 1.54) is 0 Å². The van der Waals surface area contributed by atoms with E-state index in [9.17, 15) is 9.90 Å². The summed E-state index contributed by atoms with van der Waals surface area (Å²) < 4.78 is 1.97. The molecule has 0 saturated heterocycles. The van der Waals surface area contributed by atoms with E-state index < -0.39 is 0 Å². The maximum absolute atomic E-state index is 12.8. The van der Waals surface area contributed by atoms with Gasteiger partial charge in [0.1, 0.15) is 5.69 Å². The SMILES string of the molecule is CCC(NC(=O)c1c(C)c2ccccc2n1C)C1CC(O)C1. The smallest absolute Gasteiger partial charge is 0.268 e. The lowest BCUT2D eigenvalue weighted by atomic mass is 9.76. The zero-order chi connectivity index (χ0) is 15.9. The maximum Gasteiger partial charge on any atom is 0.268 e. The van der Waals surface area contributed by atoms with E-state index in [0.717, 1.165) is 41.4 Å². The Bertz CT molecular complexity index is 659. The molecular weight excluding hydrogens is 276 g/mol. The van der Waals surface area contributed by atoms with Crippen LogP contribution < -0.4 is 5.32 Å². The Labute approximate surface area is 131 Å². The number of benzene rings is 1. The molecule has 2 aromatic rings. The van der Waals surface area contributed by atoms with E-state index in [2.05, 4.69) is 18.3 Å². The van der Waals surface area contributed by atoms with Crippen LogP contribution in [0, 0.1) is 12.8 Å². The molecule has 22 heavy (non-hydrogen) atoms. The van der Waals surface area contributed by atoms with E-state index in [1.54, 1.807) is 0 Å². The molecule has 3 rings (SSSR count). The fraction of sp³-hybridized carbons (Fsp3) is 0.500. The molecule has 1 fully saturated rings. The van der Waals surface area contributed by atoms with Crippen LogP contribution in [-0.2, 0) is 7.05 Å². The molecule has 1 aromatic heterocycles. The van der Waals surface area contributed by atoms with Crippen LogP contribution in [0.1, 0.15) is 42.2 Å². The highest BCUT2D eigenvalue weighted by molar-refractivity contribution is 6.01. The van der Waals surface area contributed by atoms with Gasteiger partial charge in [-0.3, -0.25) is 4.79 Å². The minimum absolute atomic E-state index is 0.00978. The van der Waals surface area contributed by atoms with Gasteiger partial charge in [0.05, 0.1) is 6.10 Å². The molecule has 1 saturated carbocycles. The van der Waals surface area contributed by atoms with Gasteiger partial charge in [0, 0.05) is 24.0 Å². The summed E-state index contributed by atoms with van der Waals surface area (Å²) in [6, 6.07) is 8.24. The van der Waals surface area contributed by atoms with Gasteiger partial charge in [-0.15, -0.1) is 0 Å². The van der Waals surface area contributed by atoms with Crippen LogP contribution in [0.25, 0.3) is 10.9 Å². The highest BCUT2D eigenvalue weighted by Gasteiger charge is 2.34. The summed E-state index contributed by atoms with van der Waals surface area (Å²) in [4.78, 5) is 12.8. The number of hydrogen-bond donors (Lipinski definition) is 2. The largest absolute Gasteiger partial charge is 0.393 e. The van der Waals surface area contributed by atoms with Gasteiger partial charge in [0.2, 0.25) is 0 Å². The molecule has 0 radical (unpaired) electrons. The molecule has 1 atom stereocenters. The van der Waals surface area contributed by atoms with Crippen molar-refractivity contribution >= 4 is 16.8 Å². The number of aliphatic hydroxyl groups is 1. The summed E-state index contributed by atoms with van der Waals surface area (Å²) in [7, 11) is 1.94. The van der Waals surface area contributed by atoms with Crippen molar-refractivity contribution in [3.63, 3.8) is 0 Å². The number of carbonyl (C=O) groups is 1. The van der Waals surface area contributed by atoms with E-state index in [-0.39, 0.29) is 18.1 Å². The van der Waals surface area contributed by atoms with Gasteiger partial charge in [-0.1, -0.05) is 25.1 Å². The highest BCUT2D eigenvalue weighted by atomic mass is 16.3. The minimum Gasteiger partial charge on any atom is -0.393 e. The number of aryl methyl sites for hydroxylation is 2. The van der Waals surface area contributed by atoms with Crippen LogP contribution in [0.2, 0.25) is 0 Å². The number of aromatic nitrogens is 1. The Hall–Kier alpha value is -1.81. The molecule has 0 spiro atoms. The first-order chi connectivity index (χ1) is 10.5. The lowest BCUT2D eigenvalue weighted by molar-refractivity contribution is 0.0231. The molecular formula is C18H24N2O2. The normalized spacial score (nSPS) is 22.4. The first-order valence-electron chi connectivity index (χ1n) is 8.05. The van der Waals surface area contributed by atoms with Crippen molar-refractivity contribution in [3.8, 4) is 0 Å². The highest BCUT2D eigenvalue weighted by Crippen LogP contribution is 2.32. The summed E-state index contributed by atoms with van der Waals surface area (Å²) in [6.07, 6.45) is 2.31. The van der Waals surface area contributed by atoms with Gasteiger partial charge in [-0.2, -0.15) is 0 Å². The van der Waals surface area contributed by atoms with Crippen LogP contribution >= 0.6 is 0 Å². The van der Waals surface area contributed by atoms with Crippen molar-refractivity contribution in [3.05, 3.63) is 35.5 Å². The lowest BCUT2D eigenvalue weighted by Gasteiger charge is -2.37. The number of amides is 1. The van der Waals surface area contributed by atoms with Crippen LogP contribution in [0.4, 0.5) is 0 Å². The van der Waals surface area contributed by atoms with Crippen molar-refractivity contribution < 1.29 is 9.90 Å². The molecule has 2 N–H and O–H groups in total. The summed E-state index contributed by atoms with van der Waals surface area (Å²) in [6.45, 7) is 4.09. The quantitative estimate of drug-likeness (QED) is 0.912.